The number of likely N-dealkylation sites (tertiary alicyclic amines) is 1. The summed E-state index contributed by atoms with van der Waals surface area (Å²) >= 11 is 0. The number of carbonyl (C=O) groups is 2. The summed E-state index contributed by atoms with van der Waals surface area (Å²) in [6.07, 6.45) is 2.33. The molecule has 0 bridgehead atoms. The molecule has 0 aliphatic carbocycles. The second kappa shape index (κ2) is 7.35. The largest absolute Gasteiger partial charge is 0.493 e. The molecular formula is C17H23NO5. The van der Waals surface area contributed by atoms with Crippen LogP contribution in [0.1, 0.15) is 35.7 Å². The number of nitrogens with zero attached hydrogens (tertiary/aromatic N) is 1. The van der Waals surface area contributed by atoms with Crippen molar-refractivity contribution in [3.05, 3.63) is 23.3 Å². The quantitative estimate of drug-likeness (QED) is 0.750. The van der Waals surface area contributed by atoms with Crippen molar-refractivity contribution in [2.24, 2.45) is 0 Å². The maximum Gasteiger partial charge on any atom is 0.328 e. The van der Waals surface area contributed by atoms with E-state index >= 15 is 0 Å². The Hall–Kier alpha value is -2.24. The lowest BCUT2D eigenvalue weighted by Gasteiger charge is -2.38. The molecule has 1 saturated heterocycles. The average Bonchev–Trinajstić information content (AvgIpc) is 2.52. The summed E-state index contributed by atoms with van der Waals surface area (Å²) in [7, 11) is 4.46. The second-order valence-electron chi connectivity index (χ2n) is 5.45. The molecule has 1 heterocycles. The first-order chi connectivity index (χ1) is 11.1. The average molecular weight is 321 g/mol. The Bertz CT molecular complexity index is 599. The van der Waals surface area contributed by atoms with Gasteiger partial charge in [0.05, 0.1) is 21.3 Å². The first-order valence-electron chi connectivity index (χ1n) is 7.71. The summed E-state index contributed by atoms with van der Waals surface area (Å²) in [5.74, 6) is 0.611. The highest BCUT2D eigenvalue weighted by Gasteiger charge is 2.39. The molecule has 1 aliphatic heterocycles. The van der Waals surface area contributed by atoms with Crippen LogP contribution in [0.4, 0.5) is 0 Å². The van der Waals surface area contributed by atoms with E-state index in [0.717, 1.165) is 18.4 Å². The van der Waals surface area contributed by atoms with Gasteiger partial charge >= 0.3 is 5.97 Å². The third-order valence-electron chi connectivity index (χ3n) is 4.08. The molecule has 6 heteroatoms. The summed E-state index contributed by atoms with van der Waals surface area (Å²) in [6.45, 7) is 2.61. The van der Waals surface area contributed by atoms with Crippen LogP contribution in [-0.4, -0.2) is 50.7 Å². The smallest absolute Gasteiger partial charge is 0.328 e. The number of aryl methyl sites for hydroxylation is 1. The Morgan fingerprint density at radius 2 is 1.96 bits per heavy atom. The molecule has 1 amide bonds. The normalized spacial score (nSPS) is 16.5. The van der Waals surface area contributed by atoms with E-state index < -0.39 is 6.04 Å². The van der Waals surface area contributed by atoms with E-state index in [9.17, 15) is 9.59 Å². The van der Waals surface area contributed by atoms with Crippen molar-refractivity contribution in [1.82, 2.24) is 4.90 Å². The summed E-state index contributed by atoms with van der Waals surface area (Å²) in [4.78, 5) is 25.9. The third-order valence-corrected chi connectivity index (χ3v) is 4.08. The molecular weight excluding hydrogens is 298 g/mol. The van der Waals surface area contributed by atoms with Crippen LogP contribution in [0.25, 0.3) is 0 Å². The zero-order valence-electron chi connectivity index (χ0n) is 14.0. The van der Waals surface area contributed by atoms with Gasteiger partial charge in [0, 0.05) is 12.1 Å². The van der Waals surface area contributed by atoms with Crippen LogP contribution in [0.5, 0.6) is 11.5 Å². The summed E-state index contributed by atoms with van der Waals surface area (Å²) < 4.78 is 15.5. The Kier molecular flexibility index (Phi) is 5.47. The molecule has 23 heavy (non-hydrogen) atoms. The first-order valence-corrected chi connectivity index (χ1v) is 7.71. The molecule has 1 aromatic carbocycles. The zero-order valence-corrected chi connectivity index (χ0v) is 14.0. The minimum Gasteiger partial charge on any atom is -0.493 e. The third kappa shape index (κ3) is 3.25. The zero-order chi connectivity index (χ0) is 17.0. The number of rotatable bonds is 6. The van der Waals surface area contributed by atoms with Gasteiger partial charge in [-0.3, -0.25) is 4.79 Å². The minimum atomic E-state index is -0.491. The number of hydrogen-bond donors (Lipinski definition) is 0. The first kappa shape index (κ1) is 17.1. The SMILES string of the molecule is CCCc1cc(C(=O)N2CC[C@@H]2C(=O)OC)cc(OC)c1OC. The fourth-order valence-electron chi connectivity index (χ4n) is 2.80. The molecule has 126 valence electrons. The van der Waals surface area contributed by atoms with Crippen LogP contribution in [-0.2, 0) is 16.0 Å². The fourth-order valence-corrected chi connectivity index (χ4v) is 2.80. The Morgan fingerprint density at radius 3 is 2.43 bits per heavy atom. The number of ether oxygens (including phenoxy) is 3. The van der Waals surface area contributed by atoms with E-state index in [2.05, 4.69) is 6.92 Å². The topological polar surface area (TPSA) is 65.1 Å². The van der Waals surface area contributed by atoms with Crippen molar-refractivity contribution in [2.45, 2.75) is 32.2 Å². The highest BCUT2D eigenvalue weighted by molar-refractivity contribution is 5.98. The molecule has 0 radical (unpaired) electrons. The van der Waals surface area contributed by atoms with Crippen LogP contribution in [0.2, 0.25) is 0 Å². The maximum absolute atomic E-state index is 12.7. The number of hydrogen-bond acceptors (Lipinski definition) is 5. The van der Waals surface area contributed by atoms with Crippen molar-refractivity contribution in [3.63, 3.8) is 0 Å². The van der Waals surface area contributed by atoms with E-state index in [0.29, 0.717) is 30.0 Å². The lowest BCUT2D eigenvalue weighted by molar-refractivity contribution is -0.149. The summed E-state index contributed by atoms with van der Waals surface area (Å²) in [5, 5.41) is 0. The summed E-state index contributed by atoms with van der Waals surface area (Å²) in [5.41, 5.74) is 1.42. The highest BCUT2D eigenvalue weighted by Crippen LogP contribution is 2.34. The summed E-state index contributed by atoms with van der Waals surface area (Å²) in [6, 6.07) is 2.99. The highest BCUT2D eigenvalue weighted by atomic mass is 16.5. The Labute approximate surface area is 136 Å². The van der Waals surface area contributed by atoms with Gasteiger partial charge in [-0.15, -0.1) is 0 Å². The molecule has 1 aliphatic rings. The molecule has 0 saturated carbocycles. The number of benzene rings is 1. The molecule has 0 spiro atoms. The Balaban J connectivity index is 2.33. The van der Waals surface area contributed by atoms with Gasteiger partial charge in [-0.25, -0.2) is 4.79 Å². The van der Waals surface area contributed by atoms with Crippen LogP contribution in [0.15, 0.2) is 12.1 Å². The van der Waals surface area contributed by atoms with Crippen LogP contribution in [0, 0.1) is 0 Å². The van der Waals surface area contributed by atoms with Gasteiger partial charge in [0.1, 0.15) is 6.04 Å². The second-order valence-corrected chi connectivity index (χ2v) is 5.45. The number of esters is 1. The van der Waals surface area contributed by atoms with E-state index in [4.69, 9.17) is 14.2 Å². The van der Waals surface area contributed by atoms with Crippen molar-refractivity contribution < 1.29 is 23.8 Å². The predicted molar refractivity (Wildman–Crippen MR) is 85.0 cm³/mol. The lowest BCUT2D eigenvalue weighted by atomic mass is 9.99. The monoisotopic (exact) mass is 321 g/mol. The van der Waals surface area contributed by atoms with Gasteiger partial charge in [-0.1, -0.05) is 13.3 Å². The molecule has 0 unspecified atom stereocenters. The molecule has 1 fully saturated rings. The van der Waals surface area contributed by atoms with E-state index in [1.54, 1.807) is 20.3 Å². The number of carbonyl (C=O) groups excluding carboxylic acids is 2. The van der Waals surface area contributed by atoms with Gasteiger partial charge in [-0.05, 0) is 30.5 Å². The molecule has 0 aromatic heterocycles. The predicted octanol–water partition coefficient (Wildman–Crippen LogP) is 2.04. The maximum atomic E-state index is 12.7. The van der Waals surface area contributed by atoms with E-state index in [1.165, 1.54) is 12.0 Å². The van der Waals surface area contributed by atoms with Crippen molar-refractivity contribution in [2.75, 3.05) is 27.9 Å². The van der Waals surface area contributed by atoms with Gasteiger partial charge in [-0.2, -0.15) is 0 Å². The standard InChI is InChI=1S/C17H23NO5/c1-5-6-11-9-12(10-14(21-2)15(11)22-3)16(19)18-8-7-13(18)17(20)23-4/h9-10,13H,5-8H2,1-4H3/t13-/m1/s1. The molecule has 1 atom stereocenters. The van der Waals surface area contributed by atoms with Gasteiger partial charge in [0.2, 0.25) is 0 Å². The van der Waals surface area contributed by atoms with Crippen molar-refractivity contribution in [3.8, 4) is 11.5 Å². The van der Waals surface area contributed by atoms with Crippen molar-refractivity contribution >= 4 is 11.9 Å². The minimum absolute atomic E-state index is 0.190. The molecule has 6 nitrogen and oxygen atoms in total. The van der Waals surface area contributed by atoms with Crippen LogP contribution in [0.3, 0.4) is 0 Å². The van der Waals surface area contributed by atoms with E-state index in [1.807, 2.05) is 6.07 Å². The lowest BCUT2D eigenvalue weighted by Crippen LogP contribution is -2.55. The number of amides is 1. The van der Waals surface area contributed by atoms with Crippen LogP contribution >= 0.6 is 0 Å². The van der Waals surface area contributed by atoms with Crippen molar-refractivity contribution in [1.29, 1.82) is 0 Å². The van der Waals surface area contributed by atoms with Gasteiger partial charge < -0.3 is 19.1 Å². The molecule has 1 aromatic rings. The van der Waals surface area contributed by atoms with Crippen LogP contribution < -0.4 is 9.47 Å². The van der Waals surface area contributed by atoms with Gasteiger partial charge in [0.25, 0.3) is 5.91 Å². The molecule has 0 N–H and O–H groups in total. The Morgan fingerprint density at radius 1 is 1.22 bits per heavy atom. The van der Waals surface area contributed by atoms with Gasteiger partial charge in [0.15, 0.2) is 11.5 Å². The van der Waals surface area contributed by atoms with E-state index in [-0.39, 0.29) is 11.9 Å². The number of methoxy groups -OCH3 is 3. The fraction of sp³-hybridized carbons (Fsp3) is 0.529. The molecule has 2 rings (SSSR count).